The maximum absolute atomic E-state index is 13.8. The first kappa shape index (κ1) is 18.6. The van der Waals surface area contributed by atoms with Crippen LogP contribution in [-0.4, -0.2) is 55.2 Å². The van der Waals surface area contributed by atoms with Crippen LogP contribution >= 0.6 is 0 Å². The van der Waals surface area contributed by atoms with Crippen molar-refractivity contribution < 1.29 is 18.0 Å². The third kappa shape index (κ3) is 3.16. The average molecular weight is 389 g/mol. The molecule has 2 aliphatic heterocycles. The predicted molar refractivity (Wildman–Crippen MR) is 92.7 cm³/mol. The lowest BCUT2D eigenvalue weighted by Gasteiger charge is -2.23. The first-order valence-electron chi connectivity index (χ1n) is 9.13. The van der Waals surface area contributed by atoms with E-state index in [0.29, 0.717) is 18.8 Å². The van der Waals surface area contributed by atoms with Crippen LogP contribution in [0.3, 0.4) is 0 Å². The summed E-state index contributed by atoms with van der Waals surface area (Å²) in [6, 6.07) is 5.22. The van der Waals surface area contributed by atoms with Gasteiger partial charge in [0.1, 0.15) is 35.5 Å². The van der Waals surface area contributed by atoms with E-state index < -0.39 is 29.4 Å². The summed E-state index contributed by atoms with van der Waals surface area (Å²) in [6.07, 6.45) is -1.10. The lowest BCUT2D eigenvalue weighted by atomic mass is 10.1. The summed E-state index contributed by atoms with van der Waals surface area (Å²) >= 11 is 0. The van der Waals surface area contributed by atoms with Crippen molar-refractivity contribution in [1.29, 1.82) is 10.5 Å². The smallest absolute Gasteiger partial charge is 0.237 e. The number of likely N-dealkylation sites (tertiary alicyclic amines) is 1. The molecule has 4 atom stereocenters. The standard InChI is InChI=1S/C19H18F3N5O/c20-10-1-12(4-23)27(7-10)18(28)6-25-19-14-8-26(9-15(14)19)11-2-16(21)13(5-24)17(22)3-11/h2-3,10,12,14-15,19,25H,1,6-9H2/t10-,12-,14?,15?,19?/m0/s1. The number of hydrogen-bond acceptors (Lipinski definition) is 5. The number of carbonyl (C=O) groups is 1. The fourth-order valence-electron chi connectivity index (χ4n) is 4.38. The van der Waals surface area contributed by atoms with E-state index in [1.807, 2.05) is 11.0 Å². The molecule has 1 saturated carbocycles. The van der Waals surface area contributed by atoms with Crippen LogP contribution in [-0.2, 0) is 4.79 Å². The summed E-state index contributed by atoms with van der Waals surface area (Å²) in [5.41, 5.74) is -0.182. The monoisotopic (exact) mass is 389 g/mol. The SMILES string of the molecule is N#Cc1c(F)cc(N2CC3C(C2)C3NCC(=O)N2C[C@@H](F)C[C@H]2C#N)cc1F. The maximum Gasteiger partial charge on any atom is 0.237 e. The van der Waals surface area contributed by atoms with Gasteiger partial charge in [-0.05, 0) is 24.0 Å². The predicted octanol–water partition coefficient (Wildman–Crippen LogP) is 1.32. The molecule has 28 heavy (non-hydrogen) atoms. The highest BCUT2D eigenvalue weighted by Crippen LogP contribution is 2.47. The van der Waals surface area contributed by atoms with Crippen LogP contribution in [0.25, 0.3) is 0 Å². The van der Waals surface area contributed by atoms with Gasteiger partial charge in [-0.25, -0.2) is 13.2 Å². The Balaban J connectivity index is 1.30. The molecule has 0 bridgehead atoms. The summed E-state index contributed by atoms with van der Waals surface area (Å²) in [4.78, 5) is 15.4. The van der Waals surface area contributed by atoms with Crippen molar-refractivity contribution >= 4 is 11.6 Å². The molecule has 0 aromatic heterocycles. The molecule has 3 aliphatic rings. The number of alkyl halides is 1. The number of carbonyl (C=O) groups excluding carboxylic acids is 1. The number of hydrogen-bond donors (Lipinski definition) is 1. The van der Waals surface area contributed by atoms with Gasteiger partial charge in [0.15, 0.2) is 0 Å². The van der Waals surface area contributed by atoms with Crippen molar-refractivity contribution in [3.8, 4) is 12.1 Å². The van der Waals surface area contributed by atoms with Gasteiger partial charge < -0.3 is 15.1 Å². The van der Waals surface area contributed by atoms with Gasteiger partial charge in [-0.15, -0.1) is 0 Å². The van der Waals surface area contributed by atoms with Gasteiger partial charge in [0.05, 0.1) is 19.2 Å². The van der Waals surface area contributed by atoms with E-state index in [2.05, 4.69) is 5.32 Å². The van der Waals surface area contributed by atoms with E-state index in [9.17, 15) is 18.0 Å². The highest BCUT2D eigenvalue weighted by atomic mass is 19.1. The Morgan fingerprint density at radius 3 is 2.39 bits per heavy atom. The fourth-order valence-corrected chi connectivity index (χ4v) is 4.38. The zero-order valence-corrected chi connectivity index (χ0v) is 14.9. The molecule has 2 unspecified atom stereocenters. The molecule has 0 spiro atoms. The van der Waals surface area contributed by atoms with E-state index in [4.69, 9.17) is 10.5 Å². The van der Waals surface area contributed by atoms with Crippen LogP contribution in [0.1, 0.15) is 12.0 Å². The fraction of sp³-hybridized carbons (Fsp3) is 0.526. The minimum Gasteiger partial charge on any atom is -0.371 e. The molecule has 1 aromatic rings. The van der Waals surface area contributed by atoms with Crippen molar-refractivity contribution in [2.75, 3.05) is 31.1 Å². The molecule has 2 heterocycles. The van der Waals surface area contributed by atoms with Crippen molar-refractivity contribution in [3.05, 3.63) is 29.3 Å². The van der Waals surface area contributed by atoms with Crippen molar-refractivity contribution in [2.24, 2.45) is 11.8 Å². The molecule has 2 saturated heterocycles. The molecular formula is C19H18F3N5O. The number of fused-ring (bicyclic) bond motifs is 1. The van der Waals surface area contributed by atoms with Gasteiger partial charge in [0.2, 0.25) is 5.91 Å². The number of nitrogens with one attached hydrogen (secondary N) is 1. The summed E-state index contributed by atoms with van der Waals surface area (Å²) in [5.74, 6) is -1.52. The van der Waals surface area contributed by atoms with E-state index in [0.717, 1.165) is 0 Å². The van der Waals surface area contributed by atoms with Gasteiger partial charge in [-0.1, -0.05) is 0 Å². The molecule has 1 N–H and O–H groups in total. The van der Waals surface area contributed by atoms with Gasteiger partial charge in [0, 0.05) is 31.2 Å². The molecule has 6 nitrogen and oxygen atoms in total. The Bertz CT molecular complexity index is 860. The third-order valence-corrected chi connectivity index (χ3v) is 5.91. The Labute approximate surface area is 160 Å². The molecule has 1 aromatic carbocycles. The van der Waals surface area contributed by atoms with Crippen LogP contribution in [0.5, 0.6) is 0 Å². The zero-order valence-electron chi connectivity index (χ0n) is 14.9. The lowest BCUT2D eigenvalue weighted by Crippen LogP contribution is -2.42. The molecule has 4 rings (SSSR count). The van der Waals surface area contributed by atoms with Crippen LogP contribution in [0.2, 0.25) is 0 Å². The van der Waals surface area contributed by atoms with E-state index >= 15 is 0 Å². The summed E-state index contributed by atoms with van der Waals surface area (Å²) in [7, 11) is 0. The van der Waals surface area contributed by atoms with Gasteiger partial charge in [-0.2, -0.15) is 10.5 Å². The number of halogens is 3. The number of benzene rings is 1. The van der Waals surface area contributed by atoms with Crippen LogP contribution in [0.15, 0.2) is 12.1 Å². The minimum atomic E-state index is -1.16. The van der Waals surface area contributed by atoms with Crippen LogP contribution in [0.4, 0.5) is 18.9 Å². The largest absolute Gasteiger partial charge is 0.371 e. The Hall–Kier alpha value is -2.78. The lowest BCUT2D eigenvalue weighted by molar-refractivity contribution is -0.130. The minimum absolute atomic E-state index is 0.0418. The highest BCUT2D eigenvalue weighted by Gasteiger charge is 2.55. The number of rotatable bonds is 4. The second kappa shape index (κ2) is 6.99. The highest BCUT2D eigenvalue weighted by molar-refractivity contribution is 5.79. The number of nitriles is 2. The van der Waals surface area contributed by atoms with E-state index in [1.54, 1.807) is 0 Å². The van der Waals surface area contributed by atoms with Gasteiger partial charge in [0.25, 0.3) is 0 Å². The van der Waals surface area contributed by atoms with Crippen LogP contribution < -0.4 is 10.2 Å². The second-order valence-corrected chi connectivity index (χ2v) is 7.56. The van der Waals surface area contributed by atoms with Gasteiger partial charge >= 0.3 is 0 Å². The summed E-state index contributed by atoms with van der Waals surface area (Å²) < 4.78 is 41.0. The summed E-state index contributed by atoms with van der Waals surface area (Å²) in [6.45, 7) is 1.19. The van der Waals surface area contributed by atoms with Crippen molar-refractivity contribution in [2.45, 2.75) is 24.7 Å². The molecule has 1 aliphatic carbocycles. The third-order valence-electron chi connectivity index (χ3n) is 5.91. The zero-order chi connectivity index (χ0) is 20.0. The Kier molecular flexibility index (Phi) is 4.64. The van der Waals surface area contributed by atoms with Crippen LogP contribution in [0, 0.1) is 46.1 Å². The first-order chi connectivity index (χ1) is 13.4. The number of nitrogens with zero attached hydrogens (tertiary/aromatic N) is 4. The van der Waals surface area contributed by atoms with Crippen molar-refractivity contribution in [1.82, 2.24) is 10.2 Å². The Morgan fingerprint density at radius 1 is 1.18 bits per heavy atom. The first-order valence-corrected chi connectivity index (χ1v) is 9.13. The number of anilines is 1. The molecule has 146 valence electrons. The molecule has 3 fully saturated rings. The second-order valence-electron chi connectivity index (χ2n) is 7.56. The quantitative estimate of drug-likeness (QED) is 0.840. The average Bonchev–Trinajstić information content (AvgIpc) is 2.98. The van der Waals surface area contributed by atoms with Gasteiger partial charge in [-0.3, -0.25) is 4.79 Å². The molecule has 1 amide bonds. The molecule has 0 radical (unpaired) electrons. The number of piperidine rings is 1. The maximum atomic E-state index is 13.8. The normalized spacial score (nSPS) is 30.7. The Morgan fingerprint density at radius 2 is 1.82 bits per heavy atom. The summed E-state index contributed by atoms with van der Waals surface area (Å²) in [5, 5.41) is 20.9. The van der Waals surface area contributed by atoms with E-state index in [-0.39, 0.29) is 43.3 Å². The molecular weight excluding hydrogens is 371 g/mol. The number of amides is 1. The van der Waals surface area contributed by atoms with E-state index in [1.165, 1.54) is 23.1 Å². The topological polar surface area (TPSA) is 83.2 Å². The molecule has 9 heteroatoms. The van der Waals surface area contributed by atoms with Crippen molar-refractivity contribution in [3.63, 3.8) is 0 Å².